The molecule has 2 rings (SSSR count). The summed E-state index contributed by atoms with van der Waals surface area (Å²) in [6.07, 6.45) is 6.14. The molecule has 0 atom stereocenters. The fourth-order valence-corrected chi connectivity index (χ4v) is 3.33. The van der Waals surface area contributed by atoms with Gasteiger partial charge in [-0.3, -0.25) is 4.79 Å². The van der Waals surface area contributed by atoms with Crippen molar-refractivity contribution in [2.75, 3.05) is 6.54 Å². The Morgan fingerprint density at radius 3 is 2.35 bits per heavy atom. The van der Waals surface area contributed by atoms with E-state index in [9.17, 15) is 13.2 Å². The predicted octanol–water partition coefficient (Wildman–Crippen LogP) is 2.92. The van der Waals surface area contributed by atoms with Crippen molar-refractivity contribution >= 4 is 25.6 Å². The Bertz CT molecular complexity index is 563. The van der Waals surface area contributed by atoms with E-state index in [4.69, 9.17) is 10.7 Å². The van der Waals surface area contributed by atoms with Crippen LogP contribution in [0.5, 0.6) is 0 Å². The minimum Gasteiger partial charge on any atom is -0.352 e. The third kappa shape index (κ3) is 4.21. The minimum atomic E-state index is -3.73. The first-order valence-electron chi connectivity index (χ1n) is 6.80. The van der Waals surface area contributed by atoms with Gasteiger partial charge in [-0.2, -0.15) is 0 Å². The summed E-state index contributed by atoms with van der Waals surface area (Å²) < 4.78 is 22.2. The molecule has 1 saturated carbocycles. The van der Waals surface area contributed by atoms with Gasteiger partial charge in [0.1, 0.15) is 0 Å². The molecule has 20 heavy (non-hydrogen) atoms. The van der Waals surface area contributed by atoms with Crippen LogP contribution in [0.15, 0.2) is 29.2 Å². The fraction of sp³-hybridized carbons (Fsp3) is 0.500. The number of hydrogen-bond acceptors (Lipinski definition) is 3. The van der Waals surface area contributed by atoms with Crippen LogP contribution in [0.4, 0.5) is 0 Å². The van der Waals surface area contributed by atoms with Crippen LogP contribution in [0.3, 0.4) is 0 Å². The van der Waals surface area contributed by atoms with Crippen LogP contribution >= 0.6 is 10.7 Å². The average Bonchev–Trinajstić information content (AvgIpc) is 2.91. The molecule has 1 N–H and O–H groups in total. The average molecular weight is 316 g/mol. The molecule has 1 aromatic rings. The number of amides is 1. The number of nitrogens with one attached hydrogen (secondary N) is 1. The molecule has 0 aliphatic heterocycles. The Morgan fingerprint density at radius 1 is 1.20 bits per heavy atom. The Kier molecular flexibility index (Phi) is 5.05. The molecule has 1 aromatic carbocycles. The lowest BCUT2D eigenvalue weighted by Gasteiger charge is -2.10. The number of rotatable bonds is 5. The van der Waals surface area contributed by atoms with E-state index in [0.29, 0.717) is 12.1 Å². The van der Waals surface area contributed by atoms with Crippen LogP contribution in [-0.4, -0.2) is 20.9 Å². The molecule has 1 amide bonds. The van der Waals surface area contributed by atoms with Gasteiger partial charge in [0, 0.05) is 22.8 Å². The molecular weight excluding hydrogens is 298 g/mol. The van der Waals surface area contributed by atoms with Gasteiger partial charge in [0.2, 0.25) is 0 Å². The lowest BCUT2D eigenvalue weighted by Crippen LogP contribution is -2.25. The van der Waals surface area contributed by atoms with Gasteiger partial charge in [0.25, 0.3) is 15.0 Å². The molecule has 0 radical (unpaired) electrons. The van der Waals surface area contributed by atoms with Gasteiger partial charge in [0.05, 0.1) is 4.90 Å². The molecule has 110 valence electrons. The first kappa shape index (κ1) is 15.3. The van der Waals surface area contributed by atoms with E-state index >= 15 is 0 Å². The topological polar surface area (TPSA) is 63.2 Å². The summed E-state index contributed by atoms with van der Waals surface area (Å²) in [7, 11) is 1.49. The quantitative estimate of drug-likeness (QED) is 0.850. The summed E-state index contributed by atoms with van der Waals surface area (Å²) >= 11 is 0. The molecule has 0 bridgehead atoms. The van der Waals surface area contributed by atoms with Crippen molar-refractivity contribution in [2.45, 2.75) is 37.0 Å². The minimum absolute atomic E-state index is 0.00155. The Morgan fingerprint density at radius 2 is 1.80 bits per heavy atom. The van der Waals surface area contributed by atoms with Crippen molar-refractivity contribution in [2.24, 2.45) is 5.92 Å². The number of halogens is 1. The number of carbonyl (C=O) groups is 1. The van der Waals surface area contributed by atoms with Crippen LogP contribution in [0, 0.1) is 5.92 Å². The molecule has 0 aromatic heterocycles. The van der Waals surface area contributed by atoms with Crippen LogP contribution < -0.4 is 5.32 Å². The predicted molar refractivity (Wildman–Crippen MR) is 78.4 cm³/mol. The standard InChI is InChI=1S/C14H18ClNO3S/c15-20(18,19)13-7-5-12(6-8-13)14(17)16-10-9-11-3-1-2-4-11/h5-8,11H,1-4,9-10H2,(H,16,17). The van der Waals surface area contributed by atoms with E-state index < -0.39 is 9.05 Å². The second-order valence-electron chi connectivity index (χ2n) is 5.16. The van der Waals surface area contributed by atoms with Gasteiger partial charge in [-0.15, -0.1) is 0 Å². The fourth-order valence-electron chi connectivity index (χ4n) is 2.56. The number of carbonyl (C=O) groups excluding carboxylic acids is 1. The molecule has 6 heteroatoms. The molecular formula is C14H18ClNO3S. The van der Waals surface area contributed by atoms with Gasteiger partial charge < -0.3 is 5.32 Å². The smallest absolute Gasteiger partial charge is 0.261 e. The summed E-state index contributed by atoms with van der Waals surface area (Å²) in [5.74, 6) is 0.556. The van der Waals surface area contributed by atoms with Crippen molar-refractivity contribution in [1.82, 2.24) is 5.32 Å². The zero-order valence-electron chi connectivity index (χ0n) is 11.1. The van der Waals surface area contributed by atoms with Gasteiger partial charge in [-0.05, 0) is 36.6 Å². The lowest BCUT2D eigenvalue weighted by molar-refractivity contribution is 0.0951. The Balaban J connectivity index is 1.85. The highest BCUT2D eigenvalue weighted by Gasteiger charge is 2.15. The van der Waals surface area contributed by atoms with Crippen LogP contribution in [0.2, 0.25) is 0 Å². The van der Waals surface area contributed by atoms with E-state index in [1.165, 1.54) is 49.9 Å². The first-order chi connectivity index (χ1) is 9.47. The maximum absolute atomic E-state index is 11.9. The summed E-state index contributed by atoms with van der Waals surface area (Å²) in [5, 5.41) is 2.86. The van der Waals surface area contributed by atoms with Gasteiger partial charge in [-0.1, -0.05) is 25.7 Å². The monoisotopic (exact) mass is 315 g/mol. The van der Waals surface area contributed by atoms with Crippen molar-refractivity contribution in [1.29, 1.82) is 0 Å². The maximum Gasteiger partial charge on any atom is 0.261 e. The van der Waals surface area contributed by atoms with Gasteiger partial charge >= 0.3 is 0 Å². The highest BCUT2D eigenvalue weighted by atomic mass is 35.7. The van der Waals surface area contributed by atoms with Gasteiger partial charge in [-0.25, -0.2) is 8.42 Å². The normalized spacial score (nSPS) is 16.2. The summed E-state index contributed by atoms with van der Waals surface area (Å²) in [6, 6.07) is 5.63. The van der Waals surface area contributed by atoms with Gasteiger partial charge in [0.15, 0.2) is 0 Å². The third-order valence-corrected chi connectivity index (χ3v) is 5.08. The van der Waals surface area contributed by atoms with E-state index in [-0.39, 0.29) is 10.8 Å². The largest absolute Gasteiger partial charge is 0.352 e. The SMILES string of the molecule is O=C(NCCC1CCCC1)c1ccc(S(=O)(=O)Cl)cc1. The first-order valence-corrected chi connectivity index (χ1v) is 9.10. The highest BCUT2D eigenvalue weighted by molar-refractivity contribution is 8.13. The molecule has 0 saturated heterocycles. The second-order valence-corrected chi connectivity index (χ2v) is 7.72. The zero-order chi connectivity index (χ0) is 14.6. The molecule has 1 aliphatic carbocycles. The molecule has 4 nitrogen and oxygen atoms in total. The molecule has 1 aliphatic rings. The summed E-state index contributed by atoms with van der Waals surface area (Å²) in [6.45, 7) is 0.666. The van der Waals surface area contributed by atoms with E-state index in [1.54, 1.807) is 0 Å². The van der Waals surface area contributed by atoms with Crippen molar-refractivity contribution < 1.29 is 13.2 Å². The second kappa shape index (κ2) is 6.59. The number of benzene rings is 1. The third-order valence-electron chi connectivity index (χ3n) is 3.71. The number of hydrogen-bond donors (Lipinski definition) is 1. The molecule has 0 heterocycles. The van der Waals surface area contributed by atoms with Crippen molar-refractivity contribution in [3.8, 4) is 0 Å². The lowest BCUT2D eigenvalue weighted by atomic mass is 10.0. The van der Waals surface area contributed by atoms with E-state index in [0.717, 1.165) is 12.3 Å². The molecule has 1 fully saturated rings. The summed E-state index contributed by atoms with van der Waals surface area (Å²) in [5.41, 5.74) is 0.445. The Labute approximate surface area is 123 Å². The van der Waals surface area contributed by atoms with Crippen molar-refractivity contribution in [3.63, 3.8) is 0 Å². The Hall–Kier alpha value is -1.07. The van der Waals surface area contributed by atoms with E-state index in [2.05, 4.69) is 5.32 Å². The summed E-state index contributed by atoms with van der Waals surface area (Å²) in [4.78, 5) is 11.9. The highest BCUT2D eigenvalue weighted by Crippen LogP contribution is 2.26. The zero-order valence-corrected chi connectivity index (χ0v) is 12.7. The molecule has 0 unspecified atom stereocenters. The van der Waals surface area contributed by atoms with Crippen LogP contribution in [0.25, 0.3) is 0 Å². The van der Waals surface area contributed by atoms with Crippen LogP contribution in [-0.2, 0) is 9.05 Å². The van der Waals surface area contributed by atoms with Crippen LogP contribution in [0.1, 0.15) is 42.5 Å². The van der Waals surface area contributed by atoms with Crippen molar-refractivity contribution in [3.05, 3.63) is 29.8 Å². The molecule has 0 spiro atoms. The van der Waals surface area contributed by atoms with E-state index in [1.807, 2.05) is 0 Å². The maximum atomic E-state index is 11.9.